The van der Waals surface area contributed by atoms with Gasteiger partial charge in [-0.15, -0.1) is 0 Å². The van der Waals surface area contributed by atoms with E-state index in [2.05, 4.69) is 22.1 Å². The second kappa shape index (κ2) is 5.37. The number of para-hydroxylation sites is 1. The summed E-state index contributed by atoms with van der Waals surface area (Å²) in [5.74, 6) is -0.116. The van der Waals surface area contributed by atoms with Crippen molar-refractivity contribution in [2.75, 3.05) is 6.54 Å². The minimum atomic E-state index is -0.0701. The first-order valence-electron chi connectivity index (χ1n) is 8.16. The lowest BCUT2D eigenvalue weighted by Crippen LogP contribution is -2.39. The van der Waals surface area contributed by atoms with Crippen molar-refractivity contribution in [2.45, 2.75) is 26.3 Å². The van der Waals surface area contributed by atoms with Crippen LogP contribution < -0.4 is 0 Å². The van der Waals surface area contributed by atoms with Crippen molar-refractivity contribution in [3.63, 3.8) is 0 Å². The Hall–Kier alpha value is -2.82. The molecular weight excluding hydrogens is 302 g/mol. The first-order valence-corrected chi connectivity index (χ1v) is 8.16. The number of hydrogen-bond acceptors (Lipinski definition) is 2. The molecule has 0 bridgehead atoms. The van der Waals surface area contributed by atoms with Crippen LogP contribution in [-0.4, -0.2) is 33.1 Å². The molecule has 0 saturated carbocycles. The van der Waals surface area contributed by atoms with Gasteiger partial charge in [0.25, 0.3) is 5.91 Å². The number of ketones is 1. The van der Waals surface area contributed by atoms with Gasteiger partial charge < -0.3 is 14.9 Å². The van der Waals surface area contributed by atoms with E-state index in [1.807, 2.05) is 24.0 Å². The zero-order valence-electron chi connectivity index (χ0n) is 13.7. The van der Waals surface area contributed by atoms with Crippen LogP contribution in [0.5, 0.6) is 0 Å². The van der Waals surface area contributed by atoms with Crippen molar-refractivity contribution in [3.05, 3.63) is 59.0 Å². The molecule has 3 heterocycles. The molecule has 122 valence electrons. The Kier molecular flexibility index (Phi) is 3.30. The third-order valence-corrected chi connectivity index (χ3v) is 4.92. The molecule has 1 aromatic carbocycles. The summed E-state index contributed by atoms with van der Waals surface area (Å²) in [6, 6.07) is 9.85. The second-order valence-corrected chi connectivity index (χ2v) is 6.35. The average molecular weight is 321 g/mol. The Bertz CT molecular complexity index is 951. The lowest BCUT2D eigenvalue weighted by molar-refractivity contribution is 0.0669. The number of carbonyl (C=O) groups excluding carboxylic acids is 2. The van der Waals surface area contributed by atoms with E-state index in [9.17, 15) is 9.59 Å². The summed E-state index contributed by atoms with van der Waals surface area (Å²) in [5, 5.41) is 1.24. The topological polar surface area (TPSA) is 69.0 Å². The SMILES string of the molecule is CC(=O)c1c[nH]c(C(=O)N2CCc3c([nH]c4ccccc34)[C@@H]2C)c1. The molecule has 4 rings (SSSR count). The summed E-state index contributed by atoms with van der Waals surface area (Å²) < 4.78 is 0. The van der Waals surface area contributed by atoms with Gasteiger partial charge in [0, 0.05) is 34.9 Å². The quantitative estimate of drug-likeness (QED) is 0.710. The van der Waals surface area contributed by atoms with Crippen molar-refractivity contribution in [3.8, 4) is 0 Å². The van der Waals surface area contributed by atoms with Crippen LogP contribution in [0.15, 0.2) is 36.5 Å². The molecule has 3 aromatic rings. The number of aromatic nitrogens is 2. The third kappa shape index (κ3) is 2.16. The maximum atomic E-state index is 12.8. The van der Waals surface area contributed by atoms with Gasteiger partial charge in [-0.1, -0.05) is 18.2 Å². The number of nitrogens with zero attached hydrogens (tertiary/aromatic N) is 1. The number of H-pyrrole nitrogens is 2. The predicted molar refractivity (Wildman–Crippen MR) is 92.3 cm³/mol. The molecule has 1 aliphatic rings. The molecule has 0 unspecified atom stereocenters. The highest BCUT2D eigenvalue weighted by atomic mass is 16.2. The van der Waals surface area contributed by atoms with Crippen LogP contribution >= 0.6 is 0 Å². The maximum absolute atomic E-state index is 12.8. The van der Waals surface area contributed by atoms with E-state index >= 15 is 0 Å². The molecular formula is C19H19N3O2. The van der Waals surface area contributed by atoms with Crippen LogP contribution in [0.2, 0.25) is 0 Å². The van der Waals surface area contributed by atoms with Crippen molar-refractivity contribution in [1.29, 1.82) is 0 Å². The fourth-order valence-corrected chi connectivity index (χ4v) is 3.58. The lowest BCUT2D eigenvalue weighted by atomic mass is 9.98. The average Bonchev–Trinajstić information content (AvgIpc) is 3.20. The van der Waals surface area contributed by atoms with Gasteiger partial charge in [-0.25, -0.2) is 0 Å². The lowest BCUT2D eigenvalue weighted by Gasteiger charge is -2.33. The zero-order valence-corrected chi connectivity index (χ0v) is 13.7. The number of rotatable bonds is 2. The van der Waals surface area contributed by atoms with E-state index < -0.39 is 0 Å². The molecule has 0 aliphatic carbocycles. The van der Waals surface area contributed by atoms with Crippen molar-refractivity contribution >= 4 is 22.6 Å². The summed E-state index contributed by atoms with van der Waals surface area (Å²) in [6.45, 7) is 4.21. The van der Waals surface area contributed by atoms with E-state index in [0.717, 1.165) is 17.6 Å². The minimum Gasteiger partial charge on any atom is -0.356 e. The number of Topliss-reactive ketones (excluding diaryl/α,β-unsaturated/α-hetero) is 1. The summed E-state index contributed by atoms with van der Waals surface area (Å²) in [5.41, 5.74) is 4.52. The summed E-state index contributed by atoms with van der Waals surface area (Å²) in [6.07, 6.45) is 2.42. The molecule has 0 spiro atoms. The van der Waals surface area contributed by atoms with Crippen LogP contribution in [0.4, 0.5) is 0 Å². The highest BCUT2D eigenvalue weighted by Crippen LogP contribution is 2.34. The molecule has 0 radical (unpaired) electrons. The predicted octanol–water partition coefficient (Wildman–Crippen LogP) is 3.46. The Morgan fingerprint density at radius 2 is 2.04 bits per heavy atom. The highest BCUT2D eigenvalue weighted by molar-refractivity contribution is 5.99. The normalized spacial score (nSPS) is 17.1. The number of amides is 1. The maximum Gasteiger partial charge on any atom is 0.270 e. The van der Waals surface area contributed by atoms with Gasteiger partial charge in [0.05, 0.1) is 6.04 Å². The second-order valence-electron chi connectivity index (χ2n) is 6.35. The van der Waals surface area contributed by atoms with Crippen molar-refractivity contribution in [2.24, 2.45) is 0 Å². The van der Waals surface area contributed by atoms with E-state index in [4.69, 9.17) is 0 Å². The monoisotopic (exact) mass is 321 g/mol. The summed E-state index contributed by atoms with van der Waals surface area (Å²) >= 11 is 0. The van der Waals surface area contributed by atoms with Crippen molar-refractivity contribution in [1.82, 2.24) is 14.9 Å². The number of nitrogens with one attached hydrogen (secondary N) is 2. The van der Waals surface area contributed by atoms with E-state index in [0.29, 0.717) is 17.8 Å². The van der Waals surface area contributed by atoms with E-state index in [1.54, 1.807) is 12.3 Å². The van der Waals surface area contributed by atoms with E-state index in [-0.39, 0.29) is 17.7 Å². The number of benzene rings is 1. The molecule has 1 amide bonds. The molecule has 5 nitrogen and oxygen atoms in total. The summed E-state index contributed by atoms with van der Waals surface area (Å²) in [7, 11) is 0. The van der Waals surface area contributed by atoms with Crippen LogP contribution in [0, 0.1) is 0 Å². The molecule has 0 saturated heterocycles. The molecule has 24 heavy (non-hydrogen) atoms. The molecule has 1 aliphatic heterocycles. The Morgan fingerprint density at radius 1 is 1.25 bits per heavy atom. The molecule has 2 aromatic heterocycles. The standard InChI is InChI=1S/C19H19N3O2/c1-11-18-15(14-5-3-4-6-16(14)21-18)7-8-22(11)19(24)17-9-13(10-20-17)12(2)23/h3-6,9-11,20-21H,7-8H2,1-2H3/t11-/m0/s1. The molecule has 0 fully saturated rings. The fraction of sp³-hybridized carbons (Fsp3) is 0.263. The number of aromatic amines is 2. The first kappa shape index (κ1) is 14.8. The summed E-state index contributed by atoms with van der Waals surface area (Å²) in [4.78, 5) is 32.5. The highest BCUT2D eigenvalue weighted by Gasteiger charge is 2.31. The number of carbonyl (C=O) groups is 2. The largest absolute Gasteiger partial charge is 0.356 e. The van der Waals surface area contributed by atoms with Crippen molar-refractivity contribution < 1.29 is 9.59 Å². The zero-order chi connectivity index (χ0) is 16.8. The van der Waals surface area contributed by atoms with Gasteiger partial charge in [-0.2, -0.15) is 0 Å². The van der Waals surface area contributed by atoms with Crippen LogP contribution in [0.1, 0.15) is 52.0 Å². The van der Waals surface area contributed by atoms with Gasteiger partial charge in [-0.3, -0.25) is 9.59 Å². The smallest absolute Gasteiger partial charge is 0.270 e. The number of fused-ring (bicyclic) bond motifs is 3. The fourth-order valence-electron chi connectivity index (χ4n) is 3.58. The van der Waals surface area contributed by atoms with E-state index in [1.165, 1.54) is 17.9 Å². The Morgan fingerprint density at radius 3 is 2.79 bits per heavy atom. The molecule has 1 atom stereocenters. The van der Waals surface area contributed by atoms with Crippen LogP contribution in [0.3, 0.4) is 0 Å². The Labute approximate surface area is 139 Å². The minimum absolute atomic E-state index is 0.0299. The third-order valence-electron chi connectivity index (χ3n) is 4.92. The van der Waals surface area contributed by atoms with Gasteiger partial charge in [0.1, 0.15) is 5.69 Å². The first-order chi connectivity index (χ1) is 11.6. The van der Waals surface area contributed by atoms with Gasteiger partial charge in [0.15, 0.2) is 5.78 Å². The van der Waals surface area contributed by atoms with Crippen LogP contribution in [0.25, 0.3) is 10.9 Å². The van der Waals surface area contributed by atoms with Gasteiger partial charge in [0.2, 0.25) is 0 Å². The molecule has 2 N–H and O–H groups in total. The molecule has 5 heteroatoms. The van der Waals surface area contributed by atoms with Gasteiger partial charge in [-0.05, 0) is 38.0 Å². The van der Waals surface area contributed by atoms with Crippen LogP contribution in [-0.2, 0) is 6.42 Å². The van der Waals surface area contributed by atoms with Gasteiger partial charge >= 0.3 is 0 Å². The number of hydrogen-bond donors (Lipinski definition) is 2. The Balaban J connectivity index is 1.68.